The number of thiophene rings is 1. The van der Waals surface area contributed by atoms with Gasteiger partial charge in [-0.25, -0.2) is 0 Å². The van der Waals surface area contributed by atoms with Crippen LogP contribution >= 0.6 is 11.3 Å². The molecule has 0 aliphatic heterocycles. The third kappa shape index (κ3) is 5.10. The summed E-state index contributed by atoms with van der Waals surface area (Å²) in [6.07, 6.45) is 0. The highest BCUT2D eigenvalue weighted by Crippen LogP contribution is 2.11. The molecule has 8 heteroatoms. The molecule has 0 unspecified atom stereocenters. The lowest BCUT2D eigenvalue weighted by atomic mass is 10.2. The van der Waals surface area contributed by atoms with E-state index in [0.29, 0.717) is 22.8 Å². The zero-order valence-electron chi connectivity index (χ0n) is 13.0. The van der Waals surface area contributed by atoms with Crippen molar-refractivity contribution >= 4 is 29.1 Å². The second-order valence-corrected chi connectivity index (χ2v) is 5.57. The molecule has 0 aliphatic carbocycles. The van der Waals surface area contributed by atoms with Crippen LogP contribution in [0.3, 0.4) is 0 Å². The number of hydrogen-bond donors (Lipinski definition) is 3. The molecule has 2 rings (SSSR count). The molecule has 24 heavy (non-hydrogen) atoms. The number of ether oxygens (including phenoxy) is 1. The first-order chi connectivity index (χ1) is 11.6. The van der Waals surface area contributed by atoms with Crippen LogP contribution in [0, 0.1) is 0 Å². The Balaban J connectivity index is 1.74. The number of benzene rings is 1. The molecule has 0 aliphatic rings. The fourth-order valence-electron chi connectivity index (χ4n) is 1.77. The molecule has 2 aromatic rings. The van der Waals surface area contributed by atoms with Gasteiger partial charge in [0.05, 0.1) is 18.0 Å². The average molecular weight is 347 g/mol. The molecule has 1 heterocycles. The predicted molar refractivity (Wildman–Crippen MR) is 89.9 cm³/mol. The summed E-state index contributed by atoms with van der Waals surface area (Å²) in [5.41, 5.74) is 4.92. The molecule has 3 N–H and O–H groups in total. The molecule has 126 valence electrons. The summed E-state index contributed by atoms with van der Waals surface area (Å²) < 4.78 is 5.29. The molecule has 0 saturated carbocycles. The van der Waals surface area contributed by atoms with E-state index in [9.17, 15) is 14.4 Å². The van der Waals surface area contributed by atoms with Crippen molar-refractivity contribution in [3.8, 4) is 5.75 Å². The molecule has 3 amide bonds. The molecule has 1 aromatic carbocycles. The summed E-state index contributed by atoms with van der Waals surface area (Å²) in [6, 6.07) is 9.95. The van der Waals surface area contributed by atoms with Crippen LogP contribution in [-0.2, 0) is 4.79 Å². The van der Waals surface area contributed by atoms with Crippen molar-refractivity contribution in [1.82, 2.24) is 16.2 Å². The van der Waals surface area contributed by atoms with Crippen molar-refractivity contribution in [3.05, 3.63) is 52.2 Å². The van der Waals surface area contributed by atoms with Gasteiger partial charge in [0, 0.05) is 5.56 Å². The number of amides is 3. The predicted octanol–water partition coefficient (Wildman–Crippen LogP) is 1.34. The second kappa shape index (κ2) is 8.68. The lowest BCUT2D eigenvalue weighted by Gasteiger charge is -2.08. The molecular weight excluding hydrogens is 330 g/mol. The molecule has 0 fully saturated rings. The number of carbonyl (C=O) groups is 3. The summed E-state index contributed by atoms with van der Waals surface area (Å²) in [6.45, 7) is 2.16. The standard InChI is InChI=1S/C16H17N3O4S/c1-2-23-12-7-5-11(6-8-12)15(21)17-10-14(20)18-19-16(22)13-4-3-9-24-13/h3-9H,2,10H2,1H3,(H,17,21)(H,18,20)(H,19,22). The van der Waals surface area contributed by atoms with Crippen LogP contribution in [0.2, 0.25) is 0 Å². The number of hydrogen-bond acceptors (Lipinski definition) is 5. The van der Waals surface area contributed by atoms with E-state index in [0.717, 1.165) is 0 Å². The van der Waals surface area contributed by atoms with E-state index >= 15 is 0 Å². The first kappa shape index (κ1) is 17.5. The molecule has 0 saturated heterocycles. The van der Waals surface area contributed by atoms with Crippen LogP contribution in [0.25, 0.3) is 0 Å². The van der Waals surface area contributed by atoms with E-state index in [2.05, 4.69) is 16.2 Å². The van der Waals surface area contributed by atoms with Gasteiger partial charge in [-0.2, -0.15) is 0 Å². The topological polar surface area (TPSA) is 96.5 Å². The zero-order chi connectivity index (χ0) is 17.4. The molecule has 0 bridgehead atoms. The van der Waals surface area contributed by atoms with E-state index in [1.807, 2.05) is 6.92 Å². The lowest BCUT2D eigenvalue weighted by Crippen LogP contribution is -2.46. The largest absolute Gasteiger partial charge is 0.494 e. The highest BCUT2D eigenvalue weighted by Gasteiger charge is 2.10. The smallest absolute Gasteiger partial charge is 0.279 e. The maximum Gasteiger partial charge on any atom is 0.279 e. The molecule has 0 radical (unpaired) electrons. The number of nitrogens with one attached hydrogen (secondary N) is 3. The van der Waals surface area contributed by atoms with Gasteiger partial charge in [0.2, 0.25) is 0 Å². The van der Waals surface area contributed by atoms with E-state index in [1.54, 1.807) is 41.8 Å². The Morgan fingerprint density at radius 2 is 1.79 bits per heavy atom. The van der Waals surface area contributed by atoms with Gasteiger partial charge in [0.15, 0.2) is 0 Å². The molecule has 7 nitrogen and oxygen atoms in total. The highest BCUT2D eigenvalue weighted by molar-refractivity contribution is 7.12. The van der Waals surface area contributed by atoms with Crippen LogP contribution in [0.15, 0.2) is 41.8 Å². The van der Waals surface area contributed by atoms with Gasteiger partial charge in [-0.3, -0.25) is 25.2 Å². The van der Waals surface area contributed by atoms with E-state index in [1.165, 1.54) is 11.3 Å². The second-order valence-electron chi connectivity index (χ2n) is 4.62. The van der Waals surface area contributed by atoms with Crippen molar-refractivity contribution in [1.29, 1.82) is 0 Å². The Morgan fingerprint density at radius 1 is 1.04 bits per heavy atom. The van der Waals surface area contributed by atoms with Crippen LogP contribution < -0.4 is 20.9 Å². The van der Waals surface area contributed by atoms with E-state index < -0.39 is 17.7 Å². The van der Waals surface area contributed by atoms with Crippen molar-refractivity contribution < 1.29 is 19.1 Å². The third-order valence-electron chi connectivity index (χ3n) is 2.90. The van der Waals surface area contributed by atoms with E-state index in [-0.39, 0.29) is 6.54 Å². The van der Waals surface area contributed by atoms with Gasteiger partial charge in [-0.1, -0.05) is 6.07 Å². The van der Waals surface area contributed by atoms with Crippen LogP contribution in [0.1, 0.15) is 27.0 Å². The normalized spacial score (nSPS) is 9.88. The Bertz CT molecular complexity index is 699. The summed E-state index contributed by atoms with van der Waals surface area (Å²) in [7, 11) is 0. The van der Waals surface area contributed by atoms with Crippen LogP contribution in [0.5, 0.6) is 5.75 Å². The Hall–Kier alpha value is -2.87. The van der Waals surface area contributed by atoms with Crippen molar-refractivity contribution in [3.63, 3.8) is 0 Å². The highest BCUT2D eigenvalue weighted by atomic mass is 32.1. The quantitative estimate of drug-likeness (QED) is 0.687. The maximum absolute atomic E-state index is 11.9. The first-order valence-electron chi connectivity index (χ1n) is 7.24. The van der Waals surface area contributed by atoms with Crippen LogP contribution in [0.4, 0.5) is 0 Å². The van der Waals surface area contributed by atoms with Gasteiger partial charge in [-0.15, -0.1) is 11.3 Å². The van der Waals surface area contributed by atoms with Gasteiger partial charge in [0.1, 0.15) is 5.75 Å². The van der Waals surface area contributed by atoms with Crippen molar-refractivity contribution in [2.24, 2.45) is 0 Å². The molecule has 1 aromatic heterocycles. The van der Waals surface area contributed by atoms with Gasteiger partial charge in [0.25, 0.3) is 17.7 Å². The fourth-order valence-corrected chi connectivity index (χ4v) is 2.39. The van der Waals surface area contributed by atoms with E-state index in [4.69, 9.17) is 4.74 Å². The number of rotatable bonds is 6. The lowest BCUT2D eigenvalue weighted by molar-refractivity contribution is -0.120. The number of carbonyl (C=O) groups excluding carboxylic acids is 3. The molecular formula is C16H17N3O4S. The van der Waals surface area contributed by atoms with Gasteiger partial charge < -0.3 is 10.1 Å². The number of hydrazine groups is 1. The zero-order valence-corrected chi connectivity index (χ0v) is 13.8. The summed E-state index contributed by atoms with van der Waals surface area (Å²) in [5, 5.41) is 4.23. The summed E-state index contributed by atoms with van der Waals surface area (Å²) in [5.74, 6) is -0.656. The minimum atomic E-state index is -0.529. The summed E-state index contributed by atoms with van der Waals surface area (Å²) in [4.78, 5) is 35.7. The monoisotopic (exact) mass is 347 g/mol. The third-order valence-corrected chi connectivity index (χ3v) is 3.77. The Morgan fingerprint density at radius 3 is 2.42 bits per heavy atom. The minimum absolute atomic E-state index is 0.253. The summed E-state index contributed by atoms with van der Waals surface area (Å²) >= 11 is 1.26. The Kier molecular flexibility index (Phi) is 6.32. The minimum Gasteiger partial charge on any atom is -0.494 e. The van der Waals surface area contributed by atoms with Gasteiger partial charge >= 0.3 is 0 Å². The van der Waals surface area contributed by atoms with Gasteiger partial charge in [-0.05, 0) is 42.6 Å². The fraction of sp³-hybridized carbons (Fsp3) is 0.188. The molecule has 0 spiro atoms. The average Bonchev–Trinajstić information content (AvgIpc) is 3.13. The van der Waals surface area contributed by atoms with Crippen molar-refractivity contribution in [2.45, 2.75) is 6.92 Å². The Labute approximate surface area is 143 Å². The SMILES string of the molecule is CCOc1ccc(C(=O)NCC(=O)NNC(=O)c2cccs2)cc1. The maximum atomic E-state index is 11.9. The first-order valence-corrected chi connectivity index (χ1v) is 8.12. The van der Waals surface area contributed by atoms with Crippen molar-refractivity contribution in [2.75, 3.05) is 13.2 Å². The van der Waals surface area contributed by atoms with Crippen LogP contribution in [-0.4, -0.2) is 30.9 Å². The molecule has 0 atom stereocenters.